The van der Waals surface area contributed by atoms with E-state index in [1.807, 2.05) is 18.2 Å². The minimum atomic E-state index is -3.93. The molecule has 4 nitrogen and oxygen atoms in total. The molecule has 18 heavy (non-hydrogen) atoms. The van der Waals surface area contributed by atoms with Gasteiger partial charge in [-0.05, 0) is 28.5 Å². The van der Waals surface area contributed by atoms with E-state index in [1.165, 1.54) is 0 Å². The van der Waals surface area contributed by atoms with Gasteiger partial charge in [0.25, 0.3) is 0 Å². The lowest BCUT2D eigenvalue weighted by molar-refractivity contribution is 0.249. The summed E-state index contributed by atoms with van der Waals surface area (Å²) in [7, 11) is -3.93. The van der Waals surface area contributed by atoms with Crippen LogP contribution < -0.4 is 5.50 Å². The van der Waals surface area contributed by atoms with Gasteiger partial charge in [0.05, 0.1) is 6.61 Å². The highest BCUT2D eigenvalue weighted by Gasteiger charge is 2.17. The van der Waals surface area contributed by atoms with Crippen molar-refractivity contribution in [3.8, 4) is 0 Å². The van der Waals surface area contributed by atoms with Crippen LogP contribution in [0.5, 0.6) is 0 Å². The number of benzene rings is 1. The smallest absolute Gasteiger partial charge is 0.313 e. The van der Waals surface area contributed by atoms with Crippen LogP contribution in [0.2, 0.25) is 0 Å². The molecule has 0 aromatic heterocycles. The Hall–Kier alpha value is -0.670. The molecular weight excluding hydrogens is 249 g/mol. The van der Waals surface area contributed by atoms with E-state index in [2.05, 4.69) is 27.7 Å². The summed E-state index contributed by atoms with van der Waals surface area (Å²) in [5.41, 5.74) is 8.27. The quantitative estimate of drug-likeness (QED) is 0.804. The van der Waals surface area contributed by atoms with E-state index in [0.29, 0.717) is 11.8 Å². The van der Waals surface area contributed by atoms with Crippen molar-refractivity contribution in [3.05, 3.63) is 34.9 Å². The molecule has 5 heteroatoms. The first-order chi connectivity index (χ1) is 8.22. The standard InChI is InChI=1S/C13H22NO3P/c1-9(2)11-6-5-7-12(10(3)4)13(11)8-17-18(14,15)16/h5-7,9-10H,8H2,1-4H3,(H3,14,15,16). The van der Waals surface area contributed by atoms with E-state index in [9.17, 15) is 4.57 Å². The highest BCUT2D eigenvalue weighted by atomic mass is 31.2. The zero-order chi connectivity index (χ0) is 13.9. The minimum absolute atomic E-state index is 0.0755. The topological polar surface area (TPSA) is 72.5 Å². The molecule has 0 heterocycles. The van der Waals surface area contributed by atoms with Crippen LogP contribution in [0.1, 0.15) is 56.2 Å². The van der Waals surface area contributed by atoms with Crippen LogP contribution in [-0.4, -0.2) is 4.89 Å². The maximum Gasteiger partial charge on any atom is 0.400 e. The van der Waals surface area contributed by atoms with Crippen molar-refractivity contribution < 1.29 is 14.0 Å². The molecule has 0 saturated carbocycles. The highest BCUT2D eigenvalue weighted by Crippen LogP contribution is 2.36. The Morgan fingerprint density at radius 1 is 1.22 bits per heavy atom. The molecule has 0 aliphatic rings. The predicted octanol–water partition coefficient (Wildman–Crippen LogP) is 3.51. The van der Waals surface area contributed by atoms with E-state index >= 15 is 0 Å². The minimum Gasteiger partial charge on any atom is -0.313 e. The van der Waals surface area contributed by atoms with Crippen molar-refractivity contribution in [2.75, 3.05) is 0 Å². The summed E-state index contributed by atoms with van der Waals surface area (Å²) < 4.78 is 15.9. The van der Waals surface area contributed by atoms with Gasteiger partial charge in [-0.25, -0.2) is 10.1 Å². The van der Waals surface area contributed by atoms with Crippen molar-refractivity contribution in [1.82, 2.24) is 0 Å². The van der Waals surface area contributed by atoms with E-state index in [-0.39, 0.29) is 6.61 Å². The van der Waals surface area contributed by atoms with Crippen LogP contribution in [0.3, 0.4) is 0 Å². The molecule has 0 spiro atoms. The summed E-state index contributed by atoms with van der Waals surface area (Å²) in [6, 6.07) is 6.05. The van der Waals surface area contributed by atoms with Gasteiger partial charge in [-0.3, -0.25) is 4.52 Å². The van der Waals surface area contributed by atoms with Gasteiger partial charge in [-0.15, -0.1) is 0 Å². The fourth-order valence-electron chi connectivity index (χ4n) is 2.03. The van der Waals surface area contributed by atoms with Crippen molar-refractivity contribution in [2.24, 2.45) is 5.50 Å². The molecule has 1 rings (SSSR count). The molecule has 3 N–H and O–H groups in total. The van der Waals surface area contributed by atoms with E-state index in [1.54, 1.807) is 0 Å². The van der Waals surface area contributed by atoms with Crippen molar-refractivity contribution in [2.45, 2.75) is 46.1 Å². The van der Waals surface area contributed by atoms with Crippen molar-refractivity contribution in [1.29, 1.82) is 0 Å². The monoisotopic (exact) mass is 271 g/mol. The second-order valence-corrected chi connectivity index (χ2v) is 6.45. The average Bonchev–Trinajstić information content (AvgIpc) is 2.24. The van der Waals surface area contributed by atoms with Crippen LogP contribution in [0.15, 0.2) is 18.2 Å². The van der Waals surface area contributed by atoms with Gasteiger partial charge in [0.15, 0.2) is 0 Å². The number of hydrogen-bond acceptors (Lipinski definition) is 2. The van der Waals surface area contributed by atoms with Crippen LogP contribution >= 0.6 is 7.75 Å². The molecule has 1 atom stereocenters. The Kier molecular flexibility index (Phi) is 5.11. The first kappa shape index (κ1) is 15.4. The summed E-state index contributed by atoms with van der Waals surface area (Å²) in [4.78, 5) is 9.05. The molecule has 0 aliphatic carbocycles. The van der Waals surface area contributed by atoms with Crippen LogP contribution in [0.25, 0.3) is 0 Å². The molecule has 0 amide bonds. The van der Waals surface area contributed by atoms with Crippen LogP contribution in [0.4, 0.5) is 0 Å². The third-order valence-corrected chi connectivity index (χ3v) is 3.39. The molecule has 102 valence electrons. The number of nitrogens with two attached hydrogens (primary N) is 1. The summed E-state index contributed by atoms with van der Waals surface area (Å²) in [5.74, 6) is 0.663. The third-order valence-electron chi connectivity index (χ3n) is 2.89. The molecule has 0 saturated heterocycles. The third kappa shape index (κ3) is 4.21. The lowest BCUT2D eigenvalue weighted by Crippen LogP contribution is -2.07. The molecule has 0 fully saturated rings. The maximum absolute atomic E-state index is 11.1. The van der Waals surface area contributed by atoms with E-state index in [4.69, 9.17) is 14.9 Å². The summed E-state index contributed by atoms with van der Waals surface area (Å²) in [6.07, 6.45) is 0. The second kappa shape index (κ2) is 5.98. The lowest BCUT2D eigenvalue weighted by Gasteiger charge is -2.20. The molecule has 0 aliphatic heterocycles. The Morgan fingerprint density at radius 2 is 1.67 bits per heavy atom. The Bertz CT molecular complexity index is 425. The maximum atomic E-state index is 11.1. The van der Waals surface area contributed by atoms with Gasteiger partial charge >= 0.3 is 7.75 Å². The van der Waals surface area contributed by atoms with Gasteiger partial charge < -0.3 is 4.89 Å². The molecular formula is C13H22NO3P. The fraction of sp³-hybridized carbons (Fsp3) is 0.538. The zero-order valence-corrected chi connectivity index (χ0v) is 12.3. The SMILES string of the molecule is CC(C)c1cccc(C(C)C)c1COP(N)(=O)O. The van der Waals surface area contributed by atoms with E-state index < -0.39 is 7.75 Å². The second-order valence-electron chi connectivity index (χ2n) is 5.06. The predicted molar refractivity (Wildman–Crippen MR) is 73.4 cm³/mol. The molecule has 0 radical (unpaired) electrons. The van der Waals surface area contributed by atoms with Gasteiger partial charge in [-0.2, -0.15) is 0 Å². The number of hydrogen-bond donors (Lipinski definition) is 2. The Morgan fingerprint density at radius 3 is 2.00 bits per heavy atom. The van der Waals surface area contributed by atoms with Crippen LogP contribution in [-0.2, 0) is 15.7 Å². The summed E-state index contributed by atoms with van der Waals surface area (Å²) >= 11 is 0. The van der Waals surface area contributed by atoms with Crippen molar-refractivity contribution in [3.63, 3.8) is 0 Å². The number of rotatable bonds is 5. The van der Waals surface area contributed by atoms with E-state index in [0.717, 1.165) is 16.7 Å². The lowest BCUT2D eigenvalue weighted by atomic mass is 9.89. The summed E-state index contributed by atoms with van der Waals surface area (Å²) in [6.45, 7) is 8.42. The van der Waals surface area contributed by atoms with Gasteiger partial charge in [0, 0.05) is 0 Å². The van der Waals surface area contributed by atoms with Gasteiger partial charge in [0.2, 0.25) is 0 Å². The normalized spacial score (nSPS) is 15.1. The highest BCUT2D eigenvalue weighted by molar-refractivity contribution is 7.50. The molecule has 1 aromatic carbocycles. The Labute approximate surface area is 109 Å². The first-order valence-electron chi connectivity index (χ1n) is 6.10. The summed E-state index contributed by atoms with van der Waals surface area (Å²) in [5, 5.41) is 0. The van der Waals surface area contributed by atoms with Gasteiger partial charge in [-0.1, -0.05) is 45.9 Å². The zero-order valence-electron chi connectivity index (χ0n) is 11.4. The van der Waals surface area contributed by atoms with Crippen molar-refractivity contribution >= 4 is 7.75 Å². The van der Waals surface area contributed by atoms with Crippen LogP contribution in [0, 0.1) is 0 Å². The molecule has 0 bridgehead atoms. The first-order valence-corrected chi connectivity index (χ1v) is 7.74. The largest absolute Gasteiger partial charge is 0.400 e. The average molecular weight is 271 g/mol. The molecule has 1 unspecified atom stereocenters. The molecule has 1 aromatic rings. The Balaban J connectivity index is 3.15. The fourth-order valence-corrected chi connectivity index (χ4v) is 2.34. The van der Waals surface area contributed by atoms with Gasteiger partial charge in [0.1, 0.15) is 0 Å².